The first-order chi connectivity index (χ1) is 10.0. The van der Waals surface area contributed by atoms with Crippen LogP contribution in [0.3, 0.4) is 0 Å². The summed E-state index contributed by atoms with van der Waals surface area (Å²) in [7, 11) is 0. The molecule has 0 aliphatic carbocycles. The third kappa shape index (κ3) is 5.49. The lowest BCUT2D eigenvalue weighted by Crippen LogP contribution is -2.34. The molecule has 1 aromatic heterocycles. The number of nitrogens with one attached hydrogen (secondary N) is 1. The van der Waals surface area contributed by atoms with Gasteiger partial charge in [0.05, 0.1) is 5.57 Å². The highest BCUT2D eigenvalue weighted by atomic mass is 16.3. The van der Waals surface area contributed by atoms with Crippen molar-refractivity contribution in [2.24, 2.45) is 10.1 Å². The molecule has 1 aromatic rings. The van der Waals surface area contributed by atoms with Crippen LogP contribution in [0.2, 0.25) is 0 Å². The standard InChI is InChI=1S/C11H11N7O3/c1-7(19)8(5-13-9-3-2-4-14-17-9)11(21)16-10(20)6-15-18-12/h2-5,19H,6H2,1H3,(H,16,20,21)/b8-7-,13-5?. The summed E-state index contributed by atoms with van der Waals surface area (Å²) >= 11 is 0. The van der Waals surface area contributed by atoms with E-state index in [1.165, 1.54) is 13.1 Å². The molecule has 0 saturated carbocycles. The van der Waals surface area contributed by atoms with Gasteiger partial charge in [-0.1, -0.05) is 5.11 Å². The molecule has 2 N–H and O–H groups in total. The molecule has 21 heavy (non-hydrogen) atoms. The maximum Gasteiger partial charge on any atom is 0.262 e. The van der Waals surface area contributed by atoms with E-state index in [2.05, 4.69) is 25.2 Å². The highest BCUT2D eigenvalue weighted by Crippen LogP contribution is 2.05. The molecule has 0 aliphatic heterocycles. The molecule has 1 rings (SSSR count). The van der Waals surface area contributed by atoms with Gasteiger partial charge in [-0.3, -0.25) is 14.9 Å². The Bertz CT molecular complexity index is 628. The second-order valence-electron chi connectivity index (χ2n) is 3.61. The van der Waals surface area contributed by atoms with Crippen LogP contribution >= 0.6 is 0 Å². The first-order valence-corrected chi connectivity index (χ1v) is 5.61. The third-order valence-corrected chi connectivity index (χ3v) is 2.05. The van der Waals surface area contributed by atoms with Crippen LogP contribution < -0.4 is 5.32 Å². The van der Waals surface area contributed by atoms with Gasteiger partial charge in [0.2, 0.25) is 5.91 Å². The molecule has 2 amide bonds. The Morgan fingerprint density at radius 1 is 1.57 bits per heavy atom. The van der Waals surface area contributed by atoms with E-state index in [4.69, 9.17) is 5.53 Å². The Labute approximate surface area is 118 Å². The maximum absolute atomic E-state index is 11.8. The van der Waals surface area contributed by atoms with Crippen molar-refractivity contribution >= 4 is 23.8 Å². The minimum atomic E-state index is -0.874. The number of imide groups is 1. The van der Waals surface area contributed by atoms with Crippen molar-refractivity contribution in [3.8, 4) is 0 Å². The zero-order chi connectivity index (χ0) is 15.7. The van der Waals surface area contributed by atoms with Gasteiger partial charge in [0.25, 0.3) is 5.91 Å². The average Bonchev–Trinajstić information content (AvgIpc) is 2.46. The largest absolute Gasteiger partial charge is 0.512 e. The van der Waals surface area contributed by atoms with Crippen LogP contribution in [0.4, 0.5) is 5.82 Å². The first-order valence-electron chi connectivity index (χ1n) is 5.61. The smallest absolute Gasteiger partial charge is 0.262 e. The van der Waals surface area contributed by atoms with Gasteiger partial charge in [-0.2, -0.15) is 5.10 Å². The second kappa shape index (κ2) is 8.02. The summed E-state index contributed by atoms with van der Waals surface area (Å²) in [6, 6.07) is 3.14. The molecule has 0 aliphatic rings. The van der Waals surface area contributed by atoms with E-state index in [-0.39, 0.29) is 17.2 Å². The maximum atomic E-state index is 11.8. The van der Waals surface area contributed by atoms with Crippen molar-refractivity contribution in [1.82, 2.24) is 15.5 Å². The number of aliphatic imine (C=N–C) groups is 1. The van der Waals surface area contributed by atoms with Gasteiger partial charge < -0.3 is 5.11 Å². The number of allylic oxidation sites excluding steroid dienone is 1. The molecule has 0 aromatic carbocycles. The van der Waals surface area contributed by atoms with Crippen molar-refractivity contribution in [1.29, 1.82) is 0 Å². The molecule has 0 radical (unpaired) electrons. The summed E-state index contributed by atoms with van der Waals surface area (Å²) in [4.78, 5) is 29.3. The van der Waals surface area contributed by atoms with Gasteiger partial charge in [0, 0.05) is 17.3 Å². The van der Waals surface area contributed by atoms with Crippen molar-refractivity contribution in [3.05, 3.63) is 40.1 Å². The van der Waals surface area contributed by atoms with Gasteiger partial charge in [0.1, 0.15) is 12.3 Å². The summed E-state index contributed by atoms with van der Waals surface area (Å²) in [5.41, 5.74) is 7.84. The van der Waals surface area contributed by atoms with Crippen LogP contribution in [0, 0.1) is 0 Å². The van der Waals surface area contributed by atoms with Crippen molar-refractivity contribution in [3.63, 3.8) is 0 Å². The molecule has 0 atom stereocenters. The van der Waals surface area contributed by atoms with Gasteiger partial charge in [-0.15, -0.1) is 5.10 Å². The van der Waals surface area contributed by atoms with E-state index in [0.29, 0.717) is 0 Å². The number of carbonyl (C=O) groups excluding carboxylic acids is 2. The predicted octanol–water partition coefficient (Wildman–Crippen LogP) is 0.964. The van der Waals surface area contributed by atoms with E-state index >= 15 is 0 Å². The number of rotatable bonds is 5. The average molecular weight is 289 g/mol. The van der Waals surface area contributed by atoms with Gasteiger partial charge in [-0.25, -0.2) is 4.99 Å². The molecule has 0 bridgehead atoms. The Morgan fingerprint density at radius 2 is 2.33 bits per heavy atom. The van der Waals surface area contributed by atoms with Crippen LogP contribution in [0.1, 0.15) is 6.92 Å². The number of aromatic nitrogens is 2. The zero-order valence-electron chi connectivity index (χ0n) is 11.0. The van der Waals surface area contributed by atoms with Crippen LogP contribution in [0.5, 0.6) is 0 Å². The fourth-order valence-corrected chi connectivity index (χ4v) is 1.14. The van der Waals surface area contributed by atoms with E-state index in [9.17, 15) is 14.7 Å². The molecule has 1 heterocycles. The molecular weight excluding hydrogens is 278 g/mol. The number of hydrogen-bond donors (Lipinski definition) is 2. The molecule has 108 valence electrons. The molecule has 0 saturated heterocycles. The van der Waals surface area contributed by atoms with Gasteiger partial charge >= 0.3 is 0 Å². The minimum absolute atomic E-state index is 0.226. The van der Waals surface area contributed by atoms with Crippen molar-refractivity contribution in [2.45, 2.75) is 6.92 Å². The fraction of sp³-hybridized carbons (Fsp3) is 0.182. The zero-order valence-corrected chi connectivity index (χ0v) is 11.0. The molecule has 0 unspecified atom stereocenters. The number of aliphatic hydroxyl groups excluding tert-OH is 1. The highest BCUT2D eigenvalue weighted by molar-refractivity contribution is 6.17. The molecular formula is C11H11N7O3. The Kier molecular flexibility index (Phi) is 6.03. The molecule has 0 spiro atoms. The van der Waals surface area contributed by atoms with Crippen molar-refractivity contribution < 1.29 is 14.7 Å². The lowest BCUT2D eigenvalue weighted by molar-refractivity contribution is -0.127. The normalized spacial score (nSPS) is 11.5. The number of amides is 2. The Hall–Kier alpha value is -3.26. The summed E-state index contributed by atoms with van der Waals surface area (Å²) in [5, 5.41) is 21.7. The summed E-state index contributed by atoms with van der Waals surface area (Å²) in [6.07, 6.45) is 2.50. The highest BCUT2D eigenvalue weighted by Gasteiger charge is 2.14. The number of azide groups is 1. The summed E-state index contributed by atoms with van der Waals surface area (Å²) in [6.45, 7) is 0.733. The first kappa shape index (κ1) is 15.8. The summed E-state index contributed by atoms with van der Waals surface area (Å²) < 4.78 is 0. The molecule has 0 fully saturated rings. The van der Waals surface area contributed by atoms with Gasteiger partial charge in [-0.05, 0) is 24.6 Å². The summed E-state index contributed by atoms with van der Waals surface area (Å²) in [5.74, 6) is -1.79. The van der Waals surface area contributed by atoms with E-state index < -0.39 is 18.4 Å². The SMILES string of the molecule is C/C(O)=C(\C=Nc1cccnn1)C(=O)NC(=O)CN=[N+]=[N-]. The lowest BCUT2D eigenvalue weighted by atomic mass is 10.2. The van der Waals surface area contributed by atoms with Crippen LogP contribution in [0.15, 0.2) is 39.8 Å². The quantitative estimate of drug-likeness (QED) is 0.206. The number of hydrogen-bond acceptors (Lipinski definition) is 7. The molecule has 10 nitrogen and oxygen atoms in total. The molecule has 10 heteroatoms. The third-order valence-electron chi connectivity index (χ3n) is 2.05. The van der Waals surface area contributed by atoms with Crippen LogP contribution in [-0.4, -0.2) is 39.9 Å². The fourth-order valence-electron chi connectivity index (χ4n) is 1.14. The van der Waals surface area contributed by atoms with Crippen LogP contribution in [0.25, 0.3) is 10.4 Å². The van der Waals surface area contributed by atoms with Gasteiger partial charge in [0.15, 0.2) is 5.82 Å². The lowest BCUT2D eigenvalue weighted by Gasteiger charge is -2.03. The monoisotopic (exact) mass is 289 g/mol. The Morgan fingerprint density at radius 3 is 2.90 bits per heavy atom. The second-order valence-corrected chi connectivity index (χ2v) is 3.61. The topological polar surface area (TPSA) is 153 Å². The van der Waals surface area contributed by atoms with Crippen LogP contribution in [-0.2, 0) is 9.59 Å². The van der Waals surface area contributed by atoms with E-state index in [1.807, 2.05) is 5.32 Å². The number of aliphatic hydroxyl groups is 1. The minimum Gasteiger partial charge on any atom is -0.512 e. The Balaban J connectivity index is 2.81. The predicted molar refractivity (Wildman–Crippen MR) is 72.7 cm³/mol. The number of nitrogens with zero attached hydrogens (tertiary/aromatic N) is 6. The van der Waals surface area contributed by atoms with E-state index in [1.54, 1.807) is 12.1 Å². The van der Waals surface area contributed by atoms with Crippen molar-refractivity contribution in [2.75, 3.05) is 6.54 Å². The van der Waals surface area contributed by atoms with E-state index in [0.717, 1.165) is 6.21 Å². The number of carbonyl (C=O) groups is 2.